The van der Waals surface area contributed by atoms with Gasteiger partial charge in [-0.3, -0.25) is 4.79 Å². The zero-order chi connectivity index (χ0) is 14.4. The van der Waals surface area contributed by atoms with Crippen molar-refractivity contribution in [2.75, 3.05) is 26.8 Å². The predicted octanol–water partition coefficient (Wildman–Crippen LogP) is 2.80. The number of aliphatic hydroxyl groups is 1. The fourth-order valence-corrected chi connectivity index (χ4v) is 2.30. The summed E-state index contributed by atoms with van der Waals surface area (Å²) in [6.07, 6.45) is 0.556. The second-order valence-electron chi connectivity index (χ2n) is 3.93. The van der Waals surface area contributed by atoms with Gasteiger partial charge in [-0.2, -0.15) is 0 Å². The van der Waals surface area contributed by atoms with E-state index >= 15 is 0 Å². The maximum atomic E-state index is 12.4. The van der Waals surface area contributed by atoms with Gasteiger partial charge in [-0.15, -0.1) is 0 Å². The van der Waals surface area contributed by atoms with Gasteiger partial charge in [0.2, 0.25) is 0 Å². The van der Waals surface area contributed by atoms with Gasteiger partial charge in [0, 0.05) is 23.3 Å². The number of carbonyl (C=O) groups excluding carboxylic acids is 1. The molecule has 0 saturated heterocycles. The molecule has 0 unspecified atom stereocenters. The van der Waals surface area contributed by atoms with E-state index in [1.807, 2.05) is 6.92 Å². The molecule has 0 aromatic heterocycles. The molecular weight excluding hydrogens is 381 g/mol. The number of benzene rings is 1. The molecule has 4 nitrogen and oxygen atoms in total. The van der Waals surface area contributed by atoms with E-state index in [9.17, 15) is 4.79 Å². The standard InChI is InChI=1S/C13H17ClINO3/c1-3-16(5-4-6-17)13(18)9-7-10(14)11(15)8-12(9)19-2/h7-8,17H,3-6H2,1-2H3. The normalized spacial score (nSPS) is 10.4. The number of nitrogens with zero attached hydrogens (tertiary/aromatic N) is 1. The highest BCUT2D eigenvalue weighted by Crippen LogP contribution is 2.29. The summed E-state index contributed by atoms with van der Waals surface area (Å²) in [4.78, 5) is 14.1. The molecule has 0 bridgehead atoms. The first-order valence-electron chi connectivity index (χ1n) is 5.98. The van der Waals surface area contributed by atoms with Crippen molar-refractivity contribution in [2.45, 2.75) is 13.3 Å². The molecule has 1 N–H and O–H groups in total. The third kappa shape index (κ3) is 4.22. The van der Waals surface area contributed by atoms with Crippen LogP contribution in [0, 0.1) is 3.57 Å². The van der Waals surface area contributed by atoms with E-state index in [-0.39, 0.29) is 12.5 Å². The molecule has 19 heavy (non-hydrogen) atoms. The van der Waals surface area contributed by atoms with Crippen molar-refractivity contribution in [3.05, 3.63) is 26.3 Å². The van der Waals surface area contributed by atoms with E-state index in [0.29, 0.717) is 35.8 Å². The first kappa shape index (κ1) is 16.5. The molecule has 6 heteroatoms. The molecule has 0 fully saturated rings. The van der Waals surface area contributed by atoms with Crippen LogP contribution >= 0.6 is 34.2 Å². The van der Waals surface area contributed by atoms with Crippen LogP contribution in [-0.4, -0.2) is 42.7 Å². The second kappa shape index (κ2) is 7.91. The molecule has 1 rings (SSSR count). The quantitative estimate of drug-likeness (QED) is 0.751. The van der Waals surface area contributed by atoms with Crippen LogP contribution in [0.2, 0.25) is 5.02 Å². The van der Waals surface area contributed by atoms with Crippen molar-refractivity contribution in [3.8, 4) is 5.75 Å². The summed E-state index contributed by atoms with van der Waals surface area (Å²) >= 11 is 8.16. The summed E-state index contributed by atoms with van der Waals surface area (Å²) in [6.45, 7) is 3.05. The predicted molar refractivity (Wildman–Crippen MR) is 84.0 cm³/mol. The maximum Gasteiger partial charge on any atom is 0.257 e. The molecule has 0 atom stereocenters. The number of amides is 1. The molecule has 0 aliphatic heterocycles. The van der Waals surface area contributed by atoms with Crippen molar-refractivity contribution in [1.29, 1.82) is 0 Å². The number of hydrogen-bond donors (Lipinski definition) is 1. The highest BCUT2D eigenvalue weighted by molar-refractivity contribution is 14.1. The molecule has 0 saturated carbocycles. The van der Waals surface area contributed by atoms with Crippen LogP contribution in [0.25, 0.3) is 0 Å². The summed E-state index contributed by atoms with van der Waals surface area (Å²) in [6, 6.07) is 3.38. The molecule has 1 aromatic carbocycles. The van der Waals surface area contributed by atoms with Crippen LogP contribution in [0.15, 0.2) is 12.1 Å². The number of halogens is 2. The minimum Gasteiger partial charge on any atom is -0.496 e. The summed E-state index contributed by atoms with van der Waals surface area (Å²) in [7, 11) is 1.53. The van der Waals surface area contributed by atoms with E-state index in [2.05, 4.69) is 22.6 Å². The number of methoxy groups -OCH3 is 1. The summed E-state index contributed by atoms with van der Waals surface area (Å²) in [5.74, 6) is 0.382. The Labute approximate surface area is 131 Å². The molecule has 1 amide bonds. The lowest BCUT2D eigenvalue weighted by Crippen LogP contribution is -2.32. The minimum absolute atomic E-state index is 0.0638. The van der Waals surface area contributed by atoms with Crippen LogP contribution in [0.4, 0.5) is 0 Å². The van der Waals surface area contributed by atoms with Gasteiger partial charge in [0.15, 0.2) is 0 Å². The lowest BCUT2D eigenvalue weighted by atomic mass is 10.1. The number of aliphatic hydroxyl groups excluding tert-OH is 1. The zero-order valence-electron chi connectivity index (χ0n) is 10.9. The van der Waals surface area contributed by atoms with Gasteiger partial charge in [0.25, 0.3) is 5.91 Å². The first-order chi connectivity index (χ1) is 9.04. The largest absolute Gasteiger partial charge is 0.496 e. The molecule has 0 heterocycles. The van der Waals surface area contributed by atoms with E-state index in [4.69, 9.17) is 21.4 Å². The smallest absolute Gasteiger partial charge is 0.257 e. The van der Waals surface area contributed by atoms with Crippen LogP contribution < -0.4 is 4.74 Å². The summed E-state index contributed by atoms with van der Waals surface area (Å²) in [5.41, 5.74) is 0.452. The Balaban J connectivity index is 3.06. The second-order valence-corrected chi connectivity index (χ2v) is 5.50. The van der Waals surface area contributed by atoms with Crippen molar-refractivity contribution in [2.24, 2.45) is 0 Å². The molecule has 0 spiro atoms. The Morgan fingerprint density at radius 2 is 2.21 bits per heavy atom. The molecule has 106 valence electrons. The number of ether oxygens (including phenoxy) is 1. The van der Waals surface area contributed by atoms with Gasteiger partial charge < -0.3 is 14.7 Å². The van der Waals surface area contributed by atoms with Gasteiger partial charge in [-0.05, 0) is 48.1 Å². The third-order valence-electron chi connectivity index (χ3n) is 2.73. The summed E-state index contributed by atoms with van der Waals surface area (Å²) < 4.78 is 6.08. The van der Waals surface area contributed by atoms with Crippen molar-refractivity contribution in [1.82, 2.24) is 4.90 Å². The van der Waals surface area contributed by atoms with Crippen LogP contribution in [0.1, 0.15) is 23.7 Å². The van der Waals surface area contributed by atoms with Crippen LogP contribution in [0.5, 0.6) is 5.75 Å². The first-order valence-corrected chi connectivity index (χ1v) is 7.44. The number of rotatable bonds is 6. The van der Waals surface area contributed by atoms with Gasteiger partial charge in [0.05, 0.1) is 17.7 Å². The van der Waals surface area contributed by atoms with E-state index in [0.717, 1.165) is 3.57 Å². The highest BCUT2D eigenvalue weighted by Gasteiger charge is 2.19. The Morgan fingerprint density at radius 1 is 1.53 bits per heavy atom. The minimum atomic E-state index is -0.133. The molecule has 0 radical (unpaired) electrons. The van der Waals surface area contributed by atoms with Crippen LogP contribution in [0.3, 0.4) is 0 Å². The molecular formula is C13H17ClINO3. The average Bonchev–Trinajstić information content (AvgIpc) is 2.41. The van der Waals surface area contributed by atoms with Gasteiger partial charge in [0.1, 0.15) is 5.75 Å². The van der Waals surface area contributed by atoms with Crippen molar-refractivity contribution >= 4 is 40.1 Å². The van der Waals surface area contributed by atoms with Gasteiger partial charge >= 0.3 is 0 Å². The van der Waals surface area contributed by atoms with Crippen LogP contribution in [-0.2, 0) is 0 Å². The Kier molecular flexibility index (Phi) is 6.88. The SMILES string of the molecule is CCN(CCCO)C(=O)c1cc(Cl)c(I)cc1OC. The Hall–Kier alpha value is -0.530. The zero-order valence-corrected chi connectivity index (χ0v) is 13.9. The molecule has 0 aliphatic rings. The molecule has 1 aromatic rings. The highest BCUT2D eigenvalue weighted by atomic mass is 127. The maximum absolute atomic E-state index is 12.4. The van der Waals surface area contributed by atoms with Gasteiger partial charge in [-0.25, -0.2) is 0 Å². The fraction of sp³-hybridized carbons (Fsp3) is 0.462. The Morgan fingerprint density at radius 3 is 2.74 bits per heavy atom. The monoisotopic (exact) mass is 397 g/mol. The Bertz CT molecular complexity index is 454. The van der Waals surface area contributed by atoms with Crippen molar-refractivity contribution < 1.29 is 14.6 Å². The number of carbonyl (C=O) groups is 1. The third-order valence-corrected chi connectivity index (χ3v) is 4.25. The van der Waals surface area contributed by atoms with E-state index in [1.165, 1.54) is 7.11 Å². The summed E-state index contributed by atoms with van der Waals surface area (Å²) in [5, 5.41) is 9.39. The molecule has 0 aliphatic carbocycles. The van der Waals surface area contributed by atoms with Crippen molar-refractivity contribution in [3.63, 3.8) is 0 Å². The lowest BCUT2D eigenvalue weighted by molar-refractivity contribution is 0.0751. The fourth-order valence-electron chi connectivity index (χ4n) is 1.70. The lowest BCUT2D eigenvalue weighted by Gasteiger charge is -2.22. The van der Waals surface area contributed by atoms with E-state index < -0.39 is 0 Å². The van der Waals surface area contributed by atoms with E-state index in [1.54, 1.807) is 17.0 Å². The van der Waals surface area contributed by atoms with Gasteiger partial charge in [-0.1, -0.05) is 11.6 Å². The number of hydrogen-bond acceptors (Lipinski definition) is 3. The average molecular weight is 398 g/mol. The topological polar surface area (TPSA) is 49.8 Å².